The molecule has 0 radical (unpaired) electrons. The predicted molar refractivity (Wildman–Crippen MR) is 154 cm³/mol. The fraction of sp³-hybridized carbons (Fsp3) is 0.0667. The maximum atomic E-state index is 13.3. The van der Waals surface area contributed by atoms with E-state index in [0.717, 1.165) is 4.90 Å². The zero-order valence-corrected chi connectivity index (χ0v) is 21.9. The predicted octanol–water partition coefficient (Wildman–Crippen LogP) is 5.23. The number of rotatable bonds is 10. The molecule has 0 saturated carbocycles. The summed E-state index contributed by atoms with van der Waals surface area (Å²) in [6, 6.07) is 26.4. The molecule has 3 aromatic carbocycles. The van der Waals surface area contributed by atoms with Gasteiger partial charge in [-0.2, -0.15) is 0 Å². The van der Waals surface area contributed by atoms with Crippen LogP contribution in [0.5, 0.6) is 5.75 Å². The van der Waals surface area contributed by atoms with E-state index >= 15 is 0 Å². The number of carbonyl (C=O) groups is 3. The first-order valence-electron chi connectivity index (χ1n) is 12.0. The normalized spacial score (nSPS) is 10.8. The number of aromatic nitrogens is 1. The highest BCUT2D eigenvalue weighted by atomic mass is 32.2. The molecule has 0 bridgehead atoms. The van der Waals surface area contributed by atoms with Gasteiger partial charge in [0.15, 0.2) is 0 Å². The Morgan fingerprint density at radius 3 is 2.38 bits per heavy atom. The van der Waals surface area contributed by atoms with Gasteiger partial charge in [0.25, 0.3) is 11.8 Å². The average Bonchev–Trinajstić information content (AvgIpc) is 2.97. The van der Waals surface area contributed by atoms with Crippen molar-refractivity contribution in [3.05, 3.63) is 120 Å². The average molecular weight is 539 g/mol. The Labute approximate surface area is 230 Å². The van der Waals surface area contributed by atoms with E-state index in [4.69, 9.17) is 4.74 Å². The van der Waals surface area contributed by atoms with Crippen molar-refractivity contribution in [2.45, 2.75) is 4.90 Å². The monoisotopic (exact) mass is 538 g/mol. The third-order valence-corrected chi connectivity index (χ3v) is 6.35. The lowest BCUT2D eigenvalue weighted by Gasteiger charge is -2.12. The van der Waals surface area contributed by atoms with E-state index in [9.17, 15) is 14.4 Å². The van der Waals surface area contributed by atoms with Gasteiger partial charge in [-0.25, -0.2) is 0 Å². The zero-order chi connectivity index (χ0) is 27.5. The second-order valence-electron chi connectivity index (χ2n) is 8.21. The van der Waals surface area contributed by atoms with Gasteiger partial charge in [-0.3, -0.25) is 19.4 Å². The molecular formula is C30H26N4O4S. The number of ether oxygens (including phenoxy) is 1. The number of methoxy groups -OCH3 is 1. The van der Waals surface area contributed by atoms with Gasteiger partial charge in [0.05, 0.1) is 12.9 Å². The highest BCUT2D eigenvalue weighted by Crippen LogP contribution is 2.23. The number of nitrogens with zero attached hydrogens (tertiary/aromatic N) is 1. The minimum atomic E-state index is -0.500. The summed E-state index contributed by atoms with van der Waals surface area (Å²) in [5.41, 5.74) is 2.35. The molecule has 4 rings (SSSR count). The number of nitrogens with one attached hydrogen (secondary N) is 3. The molecular weight excluding hydrogens is 512 g/mol. The summed E-state index contributed by atoms with van der Waals surface area (Å²) >= 11 is 1.33. The van der Waals surface area contributed by atoms with Crippen LogP contribution in [-0.4, -0.2) is 35.6 Å². The van der Waals surface area contributed by atoms with Crippen LogP contribution >= 0.6 is 11.8 Å². The Morgan fingerprint density at radius 2 is 1.62 bits per heavy atom. The van der Waals surface area contributed by atoms with Gasteiger partial charge in [-0.15, -0.1) is 11.8 Å². The third-order valence-electron chi connectivity index (χ3n) is 5.36. The van der Waals surface area contributed by atoms with Gasteiger partial charge in [-0.1, -0.05) is 36.4 Å². The van der Waals surface area contributed by atoms with Crippen molar-refractivity contribution in [2.75, 3.05) is 23.5 Å². The molecule has 3 amide bonds. The zero-order valence-electron chi connectivity index (χ0n) is 21.1. The number of thioether (sulfide) groups is 1. The van der Waals surface area contributed by atoms with Crippen molar-refractivity contribution in [3.63, 3.8) is 0 Å². The molecule has 8 nitrogen and oxygen atoms in total. The smallest absolute Gasteiger partial charge is 0.272 e. The van der Waals surface area contributed by atoms with Crippen molar-refractivity contribution in [1.82, 2.24) is 10.3 Å². The number of hydrogen-bond acceptors (Lipinski definition) is 6. The van der Waals surface area contributed by atoms with Gasteiger partial charge in [0, 0.05) is 34.2 Å². The van der Waals surface area contributed by atoms with Crippen LogP contribution in [0.3, 0.4) is 0 Å². The van der Waals surface area contributed by atoms with Gasteiger partial charge < -0.3 is 20.7 Å². The Kier molecular flexibility index (Phi) is 9.47. The number of amides is 3. The van der Waals surface area contributed by atoms with Crippen LogP contribution in [0.2, 0.25) is 0 Å². The van der Waals surface area contributed by atoms with Crippen molar-refractivity contribution >= 4 is 46.9 Å². The van der Waals surface area contributed by atoms with E-state index in [1.807, 2.05) is 12.1 Å². The fourth-order valence-corrected chi connectivity index (χ4v) is 4.24. The lowest BCUT2D eigenvalue weighted by Crippen LogP contribution is -2.30. The first kappa shape index (κ1) is 27.2. The van der Waals surface area contributed by atoms with E-state index in [0.29, 0.717) is 28.3 Å². The fourth-order valence-electron chi connectivity index (χ4n) is 3.48. The standard InChI is InChI=1S/C30H26N4O4S/c1-38-25-11-5-7-21(17-25)18-27(34-29(36)22-8-3-2-4-9-22)30(37)33-24-10-6-12-26(19-24)39-20-28(35)32-23-13-15-31-16-14-23/h2-19H,20H2,1H3,(H,33,37)(H,34,36)(H,31,32,35)/b27-18-. The van der Waals surface area contributed by atoms with Crippen LogP contribution in [0.15, 0.2) is 114 Å². The summed E-state index contributed by atoms with van der Waals surface area (Å²) in [5.74, 6) is -0.263. The Balaban J connectivity index is 1.47. The largest absolute Gasteiger partial charge is 0.497 e. The first-order valence-corrected chi connectivity index (χ1v) is 12.9. The van der Waals surface area contributed by atoms with Gasteiger partial charge >= 0.3 is 0 Å². The molecule has 0 atom stereocenters. The van der Waals surface area contributed by atoms with Crippen molar-refractivity contribution in [3.8, 4) is 5.75 Å². The van der Waals surface area contributed by atoms with Crippen LogP contribution in [0.25, 0.3) is 6.08 Å². The Bertz CT molecular complexity index is 1480. The Hall–Kier alpha value is -4.89. The van der Waals surface area contributed by atoms with Crippen LogP contribution in [0, 0.1) is 0 Å². The number of anilines is 2. The maximum Gasteiger partial charge on any atom is 0.272 e. The maximum absolute atomic E-state index is 13.3. The second-order valence-corrected chi connectivity index (χ2v) is 9.26. The van der Waals surface area contributed by atoms with E-state index < -0.39 is 11.8 Å². The van der Waals surface area contributed by atoms with E-state index in [1.54, 1.807) is 104 Å². The van der Waals surface area contributed by atoms with Gasteiger partial charge in [0.1, 0.15) is 11.4 Å². The third kappa shape index (κ3) is 8.31. The SMILES string of the molecule is COc1cccc(/C=C(\NC(=O)c2ccccc2)C(=O)Nc2cccc(SCC(=O)Nc3ccncc3)c2)c1. The van der Waals surface area contributed by atoms with E-state index in [2.05, 4.69) is 20.9 Å². The molecule has 9 heteroatoms. The molecule has 0 saturated heterocycles. The minimum absolute atomic E-state index is 0.0619. The molecule has 0 aliphatic carbocycles. The molecule has 1 heterocycles. The number of pyridine rings is 1. The lowest BCUT2D eigenvalue weighted by molar-refractivity contribution is -0.114. The number of hydrogen-bond donors (Lipinski definition) is 3. The van der Waals surface area contributed by atoms with E-state index in [-0.39, 0.29) is 17.4 Å². The molecule has 3 N–H and O–H groups in total. The summed E-state index contributed by atoms with van der Waals surface area (Å²) in [6.45, 7) is 0. The molecule has 39 heavy (non-hydrogen) atoms. The molecule has 0 fully saturated rings. The highest BCUT2D eigenvalue weighted by Gasteiger charge is 2.16. The minimum Gasteiger partial charge on any atom is -0.497 e. The molecule has 0 aliphatic heterocycles. The van der Waals surface area contributed by atoms with Crippen molar-refractivity contribution in [2.24, 2.45) is 0 Å². The lowest BCUT2D eigenvalue weighted by atomic mass is 10.1. The van der Waals surface area contributed by atoms with Crippen LogP contribution in [0.1, 0.15) is 15.9 Å². The molecule has 4 aromatic rings. The van der Waals surface area contributed by atoms with Crippen LogP contribution in [0.4, 0.5) is 11.4 Å². The quantitative estimate of drug-likeness (QED) is 0.188. The molecule has 0 unspecified atom stereocenters. The summed E-state index contributed by atoms with van der Waals surface area (Å²) < 4.78 is 5.28. The molecule has 0 spiro atoms. The van der Waals surface area contributed by atoms with Crippen molar-refractivity contribution in [1.29, 1.82) is 0 Å². The topological polar surface area (TPSA) is 109 Å². The number of benzene rings is 3. The molecule has 0 aliphatic rings. The second kappa shape index (κ2) is 13.6. The summed E-state index contributed by atoms with van der Waals surface area (Å²) in [7, 11) is 1.56. The van der Waals surface area contributed by atoms with Crippen molar-refractivity contribution < 1.29 is 19.1 Å². The van der Waals surface area contributed by atoms with Gasteiger partial charge in [0.2, 0.25) is 5.91 Å². The summed E-state index contributed by atoms with van der Waals surface area (Å²) in [6.07, 6.45) is 4.79. The first-order chi connectivity index (χ1) is 19.0. The summed E-state index contributed by atoms with van der Waals surface area (Å²) in [4.78, 5) is 43.2. The Morgan fingerprint density at radius 1 is 0.846 bits per heavy atom. The van der Waals surface area contributed by atoms with E-state index in [1.165, 1.54) is 11.8 Å². The summed E-state index contributed by atoms with van der Waals surface area (Å²) in [5, 5.41) is 8.38. The van der Waals surface area contributed by atoms with Gasteiger partial charge in [-0.05, 0) is 66.2 Å². The van der Waals surface area contributed by atoms with Crippen LogP contribution < -0.4 is 20.7 Å². The van der Waals surface area contributed by atoms with Crippen LogP contribution in [-0.2, 0) is 9.59 Å². The highest BCUT2D eigenvalue weighted by molar-refractivity contribution is 8.00. The molecule has 1 aromatic heterocycles. The molecule has 196 valence electrons. The number of carbonyl (C=O) groups excluding carboxylic acids is 3.